The molecule has 11 nitrogen and oxygen atoms in total. The second kappa shape index (κ2) is 25.6. The van der Waals surface area contributed by atoms with Gasteiger partial charge >= 0.3 is 51.4 Å². The van der Waals surface area contributed by atoms with E-state index in [1.807, 2.05) is 59.9 Å². The van der Waals surface area contributed by atoms with Gasteiger partial charge in [0.05, 0.1) is 55.2 Å². The Morgan fingerprint density at radius 1 is 0.986 bits per heavy atom. The van der Waals surface area contributed by atoms with Crippen LogP contribution < -0.4 is 78.6 Å². The van der Waals surface area contributed by atoms with Gasteiger partial charge in [0.1, 0.15) is 5.82 Å². The summed E-state index contributed by atoms with van der Waals surface area (Å²) in [6.45, 7) is 19.2. The minimum Gasteiger partial charge on any atom is -0.539 e. The number of benzene rings is 3. The molecule has 1 saturated carbocycles. The Balaban J connectivity index is 0.000000170. The Morgan fingerprint density at radius 3 is 2.32 bits per heavy atom. The molecule has 1 amide bonds. The summed E-state index contributed by atoms with van der Waals surface area (Å²) in [4.78, 5) is 39.8. The Bertz CT molecular complexity index is 2760. The van der Waals surface area contributed by atoms with Crippen molar-refractivity contribution in [2.75, 3.05) is 46.3 Å². The number of carbonyl (C=O) groups excluding carboxylic acids is 1. The molecule has 0 spiro atoms. The van der Waals surface area contributed by atoms with Crippen molar-refractivity contribution in [1.82, 2.24) is 40.3 Å². The van der Waals surface area contributed by atoms with Crippen LogP contribution >= 0.6 is 22.9 Å². The summed E-state index contributed by atoms with van der Waals surface area (Å²) in [7, 11) is 2.19. The van der Waals surface area contributed by atoms with Gasteiger partial charge < -0.3 is 31.5 Å². The molecular formula is C58H77ClF2KN9O2S. The number of halogens is 3. The number of thiazole rings is 1. The minimum atomic E-state index is -2.57. The quantitative estimate of drug-likeness (QED) is 0.0805. The van der Waals surface area contributed by atoms with E-state index < -0.39 is 5.92 Å². The van der Waals surface area contributed by atoms with Crippen LogP contribution in [0.1, 0.15) is 145 Å². The Morgan fingerprint density at radius 2 is 1.69 bits per heavy atom. The van der Waals surface area contributed by atoms with Crippen LogP contribution in [0, 0.1) is 24.8 Å². The van der Waals surface area contributed by atoms with E-state index in [-0.39, 0.29) is 98.6 Å². The van der Waals surface area contributed by atoms with Crippen LogP contribution in [0.5, 0.6) is 0 Å². The molecule has 16 heteroatoms. The van der Waals surface area contributed by atoms with E-state index in [9.17, 15) is 18.4 Å². The van der Waals surface area contributed by atoms with Crippen molar-refractivity contribution in [3.8, 4) is 16.1 Å². The largest absolute Gasteiger partial charge is 1.00 e. The zero-order valence-electron chi connectivity index (χ0n) is 45.0. The molecule has 1 aliphatic carbocycles. The fourth-order valence-electron chi connectivity index (χ4n) is 11.0. The second-order valence-electron chi connectivity index (χ2n) is 22.6. The average Bonchev–Trinajstić information content (AvgIpc) is 4.12. The summed E-state index contributed by atoms with van der Waals surface area (Å²) in [6.07, 6.45) is 12.5. The van der Waals surface area contributed by atoms with Gasteiger partial charge in [-0.25, -0.2) is 20.3 Å². The summed E-state index contributed by atoms with van der Waals surface area (Å²) < 4.78 is 29.3. The van der Waals surface area contributed by atoms with Crippen LogP contribution in [-0.4, -0.2) is 88.5 Å². The number of aryl methyl sites for hydroxylation is 1. The smallest absolute Gasteiger partial charge is 0.539 e. The molecule has 3 aromatic carbocycles. The van der Waals surface area contributed by atoms with E-state index in [1.54, 1.807) is 17.4 Å². The topological polar surface area (TPSA) is 133 Å². The monoisotopic (exact) mass is 1080 g/mol. The van der Waals surface area contributed by atoms with Crippen molar-refractivity contribution in [2.24, 2.45) is 17.1 Å². The van der Waals surface area contributed by atoms with Crippen LogP contribution in [0.25, 0.3) is 27.0 Å². The van der Waals surface area contributed by atoms with Crippen LogP contribution in [0.4, 0.5) is 8.78 Å². The molecule has 0 radical (unpaired) electrons. The number of alkyl halides is 2. The molecule has 10 rings (SSSR count). The number of likely N-dealkylation sites (tertiary alicyclic amines) is 2. The van der Waals surface area contributed by atoms with Crippen molar-refractivity contribution in [2.45, 2.75) is 142 Å². The predicted octanol–water partition coefficient (Wildman–Crippen LogP) is 8.41. The molecule has 5 aromatic rings. The first kappa shape index (κ1) is 58.6. The molecular weight excluding hydrogens is 999 g/mol. The number of nitrogens with zero attached hydrogens (tertiary/aromatic N) is 5. The molecule has 2 aromatic heterocycles. The normalized spacial score (nSPS) is 20.5. The van der Waals surface area contributed by atoms with E-state index >= 15 is 0 Å². The van der Waals surface area contributed by atoms with Crippen molar-refractivity contribution >= 4 is 39.7 Å². The standard InChI is InChI=1S/C23H24ClN3O.C22H28F2N4OS.C13H25N2.K/c1-23(2)16-8-7-15(14-9-11-26(3)12-10-14)13-19(16)27-18-6-4-5-17(24)20(18)21(28)25-22(23)27;1-15-20(30-14-26-15)17-6-4-16(5-7-17)19(27-21(29)18-3-2-10-25-18)13-28-11-8-22(23,24)9-12-28;1-13(2,3)10-15-9-12(14)11-7-5-4-6-8-11;/h4-8,13-14H,9-12H2,1-3H3;4-7,14,18-19,25H,2-3,8-13H2,1H3,(H,27,29);9-11,15H,4-8,14H2,1-3H3;/q;;-1;+1/b;;12-9-;. The van der Waals surface area contributed by atoms with E-state index in [0.717, 1.165) is 76.9 Å². The van der Waals surface area contributed by atoms with Crippen LogP contribution in [-0.2, 0) is 10.2 Å². The van der Waals surface area contributed by atoms with Gasteiger partial charge in [0.2, 0.25) is 5.91 Å². The zero-order chi connectivity index (χ0) is 52.1. The van der Waals surface area contributed by atoms with Crippen LogP contribution in [0.15, 0.2) is 82.9 Å². The first-order valence-electron chi connectivity index (χ1n) is 26.5. The van der Waals surface area contributed by atoms with Gasteiger partial charge in [-0.05, 0) is 144 Å². The molecule has 394 valence electrons. The second-order valence-corrected chi connectivity index (χ2v) is 23.9. The van der Waals surface area contributed by atoms with Gasteiger partial charge in [-0.15, -0.1) is 16.8 Å². The molecule has 2 atom stereocenters. The maximum atomic E-state index is 13.6. The molecule has 6 heterocycles. The fourth-order valence-corrected chi connectivity index (χ4v) is 12.1. The zero-order valence-corrected chi connectivity index (χ0v) is 49.7. The molecule has 5 aliphatic rings. The van der Waals surface area contributed by atoms with Gasteiger partial charge in [0, 0.05) is 38.2 Å². The number of piperidine rings is 2. The summed E-state index contributed by atoms with van der Waals surface area (Å²) in [5.41, 5.74) is 16.2. The number of rotatable bonds is 10. The third kappa shape index (κ3) is 14.5. The number of nitrogens with one attached hydrogen (secondary N) is 3. The average molecular weight is 1080 g/mol. The van der Waals surface area contributed by atoms with E-state index in [1.165, 1.54) is 56.1 Å². The third-order valence-corrected chi connectivity index (χ3v) is 16.7. The Kier molecular flexibility index (Phi) is 20.3. The molecule has 4 aliphatic heterocycles. The van der Waals surface area contributed by atoms with Crippen molar-refractivity contribution < 1.29 is 65.0 Å². The van der Waals surface area contributed by atoms with E-state index in [2.05, 4.69) is 102 Å². The number of carbonyl (C=O) groups is 1. The number of amides is 1. The summed E-state index contributed by atoms with van der Waals surface area (Å²) >= 11 is 7.98. The first-order valence-corrected chi connectivity index (χ1v) is 27.8. The summed E-state index contributed by atoms with van der Waals surface area (Å²) in [6, 6.07) is 20.2. The van der Waals surface area contributed by atoms with Gasteiger partial charge in [-0.2, -0.15) is 4.98 Å². The van der Waals surface area contributed by atoms with Crippen LogP contribution in [0.3, 0.4) is 0 Å². The number of fused-ring (bicyclic) bond motifs is 5. The molecule has 74 heavy (non-hydrogen) atoms. The van der Waals surface area contributed by atoms with Crippen molar-refractivity contribution in [3.05, 3.63) is 128 Å². The van der Waals surface area contributed by atoms with E-state index in [4.69, 9.17) is 17.3 Å². The molecule has 4 fully saturated rings. The van der Waals surface area contributed by atoms with Gasteiger partial charge in [0.15, 0.2) is 0 Å². The maximum Gasteiger partial charge on any atom is 1.00 e. The predicted molar refractivity (Wildman–Crippen MR) is 295 cm³/mol. The van der Waals surface area contributed by atoms with E-state index in [0.29, 0.717) is 41.9 Å². The molecule has 0 bridgehead atoms. The maximum absolute atomic E-state index is 13.6. The summed E-state index contributed by atoms with van der Waals surface area (Å²) in [5, 5.41) is 10.6. The number of aromatic nitrogens is 3. The van der Waals surface area contributed by atoms with Gasteiger partial charge in [-0.1, -0.05) is 94.1 Å². The number of hydrogen-bond donors (Lipinski definition) is 4. The number of hydrogen-bond acceptors (Lipinski definition) is 10. The van der Waals surface area contributed by atoms with Crippen molar-refractivity contribution in [1.29, 1.82) is 0 Å². The summed E-state index contributed by atoms with van der Waals surface area (Å²) in [5.74, 6) is -0.599. The van der Waals surface area contributed by atoms with Crippen molar-refractivity contribution in [3.63, 3.8) is 0 Å². The number of allylic oxidation sites excluding steroid dienone is 1. The Hall–Kier alpha value is -3.09. The molecule has 3 saturated heterocycles. The fraction of sp³-hybridized carbons (Fsp3) is 0.534. The Labute approximate surface area is 489 Å². The van der Waals surface area contributed by atoms with Gasteiger partial charge in [-0.3, -0.25) is 14.2 Å². The van der Waals surface area contributed by atoms with Gasteiger partial charge in [0.25, 0.3) is 11.5 Å². The molecule has 2 unspecified atom stereocenters. The first-order chi connectivity index (χ1) is 34.8. The minimum absolute atomic E-state index is 0. The SMILES string of the molecule is CC(C)(C)[CH-]N/C=C(\N)C1CCCCC1.CN1CCC(c2ccc3c(c2)-n2c(nc(=O)c4c(Cl)cccc42)C3(C)C)CC1.Cc1ncsc1-c1ccc(C(CN2CCC(F)(F)CC2)NC(=O)C2CCCN2)cc1.[K+]. The number of nitrogens with two attached hydrogens (primary N) is 1. The van der Waals surface area contributed by atoms with Crippen LogP contribution in [0.2, 0.25) is 5.02 Å². The third-order valence-electron chi connectivity index (χ3n) is 15.4. The molecule has 5 N–H and O–H groups in total.